The lowest BCUT2D eigenvalue weighted by Crippen LogP contribution is -2.29. The number of nitrogens with two attached hydrogens (primary N) is 1. The van der Waals surface area contributed by atoms with E-state index in [0.29, 0.717) is 24.2 Å². The van der Waals surface area contributed by atoms with Crippen LogP contribution in [0.15, 0.2) is 6.20 Å². The van der Waals surface area contributed by atoms with Crippen molar-refractivity contribution in [3.05, 3.63) is 11.9 Å². The van der Waals surface area contributed by atoms with Crippen LogP contribution < -0.4 is 5.73 Å². The molecule has 80 valence electrons. The Bertz CT molecular complexity index is 364. The van der Waals surface area contributed by atoms with Gasteiger partial charge in [0.2, 0.25) is 0 Å². The van der Waals surface area contributed by atoms with Gasteiger partial charge in [0.25, 0.3) is 0 Å². The zero-order valence-corrected chi connectivity index (χ0v) is 8.63. The van der Waals surface area contributed by atoms with Gasteiger partial charge < -0.3 is 5.73 Å². The first-order valence-electron chi connectivity index (χ1n) is 5.37. The summed E-state index contributed by atoms with van der Waals surface area (Å²) < 4.78 is 1.81. The number of nitriles is 1. The van der Waals surface area contributed by atoms with Crippen molar-refractivity contribution in [2.45, 2.75) is 31.7 Å². The third-order valence-electron chi connectivity index (χ3n) is 3.14. The second kappa shape index (κ2) is 4.41. The molecule has 2 N–H and O–H groups in total. The number of hydrogen-bond acceptors (Lipinski definition) is 4. The molecule has 5 nitrogen and oxygen atoms in total. The molecule has 2 atom stereocenters. The highest BCUT2D eigenvalue weighted by Crippen LogP contribution is 2.32. The zero-order valence-electron chi connectivity index (χ0n) is 8.63. The van der Waals surface area contributed by atoms with Crippen molar-refractivity contribution in [3.63, 3.8) is 0 Å². The molecule has 1 fully saturated rings. The van der Waals surface area contributed by atoms with Gasteiger partial charge >= 0.3 is 0 Å². The lowest BCUT2D eigenvalue weighted by atomic mass is 9.85. The van der Waals surface area contributed by atoms with Gasteiger partial charge in [-0.15, -0.1) is 5.10 Å². The zero-order chi connectivity index (χ0) is 10.7. The maximum absolute atomic E-state index is 8.68. The van der Waals surface area contributed by atoms with E-state index in [-0.39, 0.29) is 0 Å². The van der Waals surface area contributed by atoms with Crippen LogP contribution >= 0.6 is 0 Å². The van der Waals surface area contributed by atoms with E-state index in [1.54, 1.807) is 6.20 Å². The SMILES string of the molecule is N#Cc1cn(C2CCCCC2CN)nn1. The first-order valence-corrected chi connectivity index (χ1v) is 5.37. The molecular weight excluding hydrogens is 190 g/mol. The summed E-state index contributed by atoms with van der Waals surface area (Å²) in [5.41, 5.74) is 6.13. The number of aromatic nitrogens is 3. The average Bonchev–Trinajstić information content (AvgIpc) is 2.77. The van der Waals surface area contributed by atoms with Gasteiger partial charge in [-0.25, -0.2) is 4.68 Å². The second-order valence-corrected chi connectivity index (χ2v) is 4.04. The van der Waals surface area contributed by atoms with E-state index >= 15 is 0 Å². The van der Waals surface area contributed by atoms with Gasteiger partial charge in [-0.1, -0.05) is 18.1 Å². The predicted octanol–water partition coefficient (Wildman–Crippen LogP) is 0.840. The standard InChI is InChI=1S/C10H15N5/c11-5-8-3-1-2-4-10(8)15-7-9(6-12)13-14-15/h7-8,10H,1-5,11H2. The lowest BCUT2D eigenvalue weighted by Gasteiger charge is -2.30. The van der Waals surface area contributed by atoms with E-state index in [4.69, 9.17) is 11.0 Å². The van der Waals surface area contributed by atoms with Crippen molar-refractivity contribution in [1.29, 1.82) is 5.26 Å². The Kier molecular flexibility index (Phi) is 2.97. The lowest BCUT2D eigenvalue weighted by molar-refractivity contribution is 0.226. The molecule has 1 aliphatic rings. The van der Waals surface area contributed by atoms with Gasteiger partial charge in [0.05, 0.1) is 12.2 Å². The monoisotopic (exact) mass is 205 g/mol. The van der Waals surface area contributed by atoms with E-state index in [1.807, 2.05) is 10.8 Å². The van der Waals surface area contributed by atoms with E-state index in [9.17, 15) is 0 Å². The largest absolute Gasteiger partial charge is 0.330 e. The summed E-state index contributed by atoms with van der Waals surface area (Å²) in [4.78, 5) is 0. The van der Waals surface area contributed by atoms with Crippen LogP contribution in [0.3, 0.4) is 0 Å². The third-order valence-corrected chi connectivity index (χ3v) is 3.14. The highest BCUT2D eigenvalue weighted by Gasteiger charge is 2.26. The summed E-state index contributed by atoms with van der Waals surface area (Å²) in [6.45, 7) is 0.687. The molecular formula is C10H15N5. The van der Waals surface area contributed by atoms with Crippen molar-refractivity contribution < 1.29 is 0 Å². The van der Waals surface area contributed by atoms with Crippen LogP contribution in [-0.2, 0) is 0 Å². The third kappa shape index (κ3) is 2.00. The van der Waals surface area contributed by atoms with Crippen molar-refractivity contribution in [2.24, 2.45) is 11.7 Å². The molecule has 5 heteroatoms. The normalized spacial score (nSPS) is 26.1. The van der Waals surface area contributed by atoms with Gasteiger partial charge in [-0.05, 0) is 25.3 Å². The van der Waals surface area contributed by atoms with E-state index in [1.165, 1.54) is 12.8 Å². The Hall–Kier alpha value is -1.41. The molecule has 0 spiro atoms. The van der Waals surface area contributed by atoms with Crippen molar-refractivity contribution >= 4 is 0 Å². The Balaban J connectivity index is 2.17. The molecule has 0 aliphatic heterocycles. The van der Waals surface area contributed by atoms with Gasteiger partial charge in [-0.3, -0.25) is 0 Å². The Morgan fingerprint density at radius 1 is 1.53 bits per heavy atom. The Morgan fingerprint density at radius 3 is 3.00 bits per heavy atom. The molecule has 1 aliphatic carbocycles. The van der Waals surface area contributed by atoms with Crippen LogP contribution in [0.2, 0.25) is 0 Å². The van der Waals surface area contributed by atoms with Crippen LogP contribution in [-0.4, -0.2) is 21.5 Å². The van der Waals surface area contributed by atoms with Gasteiger partial charge in [0.15, 0.2) is 5.69 Å². The molecule has 2 unspecified atom stereocenters. The van der Waals surface area contributed by atoms with Gasteiger partial charge in [0.1, 0.15) is 6.07 Å². The minimum absolute atomic E-state index is 0.332. The highest BCUT2D eigenvalue weighted by atomic mass is 15.4. The quantitative estimate of drug-likeness (QED) is 0.775. The summed E-state index contributed by atoms with van der Waals surface area (Å²) in [6, 6.07) is 2.33. The smallest absolute Gasteiger partial charge is 0.182 e. The van der Waals surface area contributed by atoms with E-state index in [0.717, 1.165) is 12.8 Å². The fraction of sp³-hybridized carbons (Fsp3) is 0.700. The van der Waals surface area contributed by atoms with Crippen molar-refractivity contribution in [2.75, 3.05) is 6.54 Å². The number of hydrogen-bond donors (Lipinski definition) is 1. The summed E-state index contributed by atoms with van der Waals surface area (Å²) >= 11 is 0. The second-order valence-electron chi connectivity index (χ2n) is 4.04. The molecule has 1 aromatic heterocycles. The van der Waals surface area contributed by atoms with Crippen LogP contribution in [0, 0.1) is 17.2 Å². The molecule has 1 heterocycles. The van der Waals surface area contributed by atoms with Crippen LogP contribution in [0.4, 0.5) is 0 Å². The highest BCUT2D eigenvalue weighted by molar-refractivity contribution is 5.13. The number of rotatable bonds is 2. The Labute approximate surface area is 88.9 Å². The summed E-state index contributed by atoms with van der Waals surface area (Å²) in [6.07, 6.45) is 6.43. The van der Waals surface area contributed by atoms with E-state index in [2.05, 4.69) is 10.3 Å². The molecule has 0 aromatic carbocycles. The van der Waals surface area contributed by atoms with Crippen molar-refractivity contribution in [3.8, 4) is 6.07 Å². The maximum atomic E-state index is 8.68. The fourth-order valence-corrected chi connectivity index (χ4v) is 2.30. The topological polar surface area (TPSA) is 80.5 Å². The molecule has 0 saturated heterocycles. The molecule has 0 radical (unpaired) electrons. The molecule has 0 bridgehead atoms. The van der Waals surface area contributed by atoms with E-state index < -0.39 is 0 Å². The fourth-order valence-electron chi connectivity index (χ4n) is 2.30. The number of nitrogens with zero attached hydrogens (tertiary/aromatic N) is 4. The van der Waals surface area contributed by atoms with Crippen LogP contribution in [0.25, 0.3) is 0 Å². The summed E-state index contributed by atoms with van der Waals surface area (Å²) in [5.74, 6) is 0.479. The predicted molar refractivity (Wildman–Crippen MR) is 54.8 cm³/mol. The van der Waals surface area contributed by atoms with Crippen LogP contribution in [0.5, 0.6) is 0 Å². The minimum atomic E-state index is 0.332. The van der Waals surface area contributed by atoms with Gasteiger partial charge in [-0.2, -0.15) is 5.26 Å². The molecule has 1 aromatic rings. The summed E-state index contributed by atoms with van der Waals surface area (Å²) in [7, 11) is 0. The average molecular weight is 205 g/mol. The van der Waals surface area contributed by atoms with Crippen molar-refractivity contribution in [1.82, 2.24) is 15.0 Å². The first kappa shape index (κ1) is 10.1. The molecule has 0 amide bonds. The maximum Gasteiger partial charge on any atom is 0.182 e. The Morgan fingerprint density at radius 2 is 2.33 bits per heavy atom. The summed E-state index contributed by atoms with van der Waals surface area (Å²) in [5, 5.41) is 16.5. The molecule has 2 rings (SSSR count). The molecule has 1 saturated carbocycles. The first-order chi connectivity index (χ1) is 7.35. The van der Waals surface area contributed by atoms with Crippen LogP contribution in [0.1, 0.15) is 37.4 Å². The van der Waals surface area contributed by atoms with Gasteiger partial charge in [0, 0.05) is 0 Å². The molecule has 15 heavy (non-hydrogen) atoms. The minimum Gasteiger partial charge on any atom is -0.330 e.